The largest absolute Gasteiger partial charge is 0.368 e. The van der Waals surface area contributed by atoms with Gasteiger partial charge in [0.2, 0.25) is 5.91 Å². The van der Waals surface area contributed by atoms with E-state index in [0.29, 0.717) is 5.92 Å². The number of carbonyl (C=O) groups is 2. The van der Waals surface area contributed by atoms with Crippen molar-refractivity contribution in [2.45, 2.75) is 32.2 Å². The van der Waals surface area contributed by atoms with E-state index in [0.717, 1.165) is 25.8 Å². The van der Waals surface area contributed by atoms with Crippen LogP contribution in [0.25, 0.3) is 0 Å². The molecule has 1 aliphatic heterocycles. The number of hydrogen-bond donors (Lipinski definition) is 3. The quantitative estimate of drug-likeness (QED) is 0.543. The third kappa shape index (κ3) is 4.16. The molecule has 0 bridgehead atoms. The number of hydroxylamine groups is 1. The molecule has 0 saturated carbocycles. The van der Waals surface area contributed by atoms with Gasteiger partial charge in [-0.1, -0.05) is 13.3 Å². The van der Waals surface area contributed by atoms with Crippen LogP contribution in [0.2, 0.25) is 0 Å². The Hall–Kier alpha value is -1.14. The summed E-state index contributed by atoms with van der Waals surface area (Å²) in [5, 5.41) is 3.11. The molecule has 0 aromatic rings. The highest BCUT2D eigenvalue weighted by Crippen LogP contribution is 2.19. The molecule has 1 rings (SSSR count). The van der Waals surface area contributed by atoms with Crippen molar-refractivity contribution in [3.8, 4) is 0 Å². The number of amides is 2. The highest BCUT2D eigenvalue weighted by Gasteiger charge is 2.25. The van der Waals surface area contributed by atoms with Crippen molar-refractivity contribution in [3.63, 3.8) is 0 Å². The van der Waals surface area contributed by atoms with Crippen LogP contribution in [0.3, 0.4) is 0 Å². The summed E-state index contributed by atoms with van der Waals surface area (Å²) in [7, 11) is 0. The molecule has 0 radical (unpaired) electrons. The predicted octanol–water partition coefficient (Wildman–Crippen LogP) is -0.702. The van der Waals surface area contributed by atoms with Gasteiger partial charge in [0.1, 0.15) is 0 Å². The number of primary amides is 1. The molecule has 0 aliphatic carbocycles. The maximum atomic E-state index is 11.6. The Balaban J connectivity index is 2.27. The van der Waals surface area contributed by atoms with Gasteiger partial charge in [-0.25, -0.2) is 5.48 Å². The van der Waals surface area contributed by atoms with Gasteiger partial charge < -0.3 is 11.1 Å². The number of nitrogens with two attached hydrogens (primary N) is 1. The molecule has 0 aromatic carbocycles. The molecule has 16 heavy (non-hydrogen) atoms. The summed E-state index contributed by atoms with van der Waals surface area (Å²) in [6, 6.07) is -0.230. The van der Waals surface area contributed by atoms with E-state index in [2.05, 4.69) is 22.6 Å². The molecule has 0 spiro atoms. The molecule has 6 nitrogen and oxygen atoms in total. The highest BCUT2D eigenvalue weighted by atomic mass is 16.7. The standard InChI is InChI=1S/C10H19N3O3/c1-2-7-3-4-12-8(5-7)10(15)13-16-6-9(11)14/h7-8,12H,2-6H2,1H3,(H2,11,14)(H,13,15). The van der Waals surface area contributed by atoms with Crippen LogP contribution in [0.5, 0.6) is 0 Å². The van der Waals surface area contributed by atoms with Crippen LogP contribution < -0.4 is 16.5 Å². The fraction of sp³-hybridized carbons (Fsp3) is 0.800. The van der Waals surface area contributed by atoms with Crippen molar-refractivity contribution >= 4 is 11.8 Å². The second-order valence-electron chi connectivity index (χ2n) is 4.03. The summed E-state index contributed by atoms with van der Waals surface area (Å²) in [6.45, 7) is 2.66. The Morgan fingerprint density at radius 3 is 2.94 bits per heavy atom. The molecular formula is C10H19N3O3. The minimum absolute atomic E-state index is 0.230. The normalized spacial score (nSPS) is 25.1. The molecular weight excluding hydrogens is 210 g/mol. The summed E-state index contributed by atoms with van der Waals surface area (Å²) >= 11 is 0. The molecule has 1 fully saturated rings. The second kappa shape index (κ2) is 6.44. The Bertz CT molecular complexity index is 258. The first kappa shape index (κ1) is 12.9. The molecule has 2 amide bonds. The average molecular weight is 229 g/mol. The zero-order valence-corrected chi connectivity index (χ0v) is 9.49. The first-order chi connectivity index (χ1) is 7.63. The van der Waals surface area contributed by atoms with Gasteiger partial charge in [0.25, 0.3) is 5.91 Å². The predicted molar refractivity (Wildman–Crippen MR) is 58.1 cm³/mol. The number of carbonyl (C=O) groups excluding carboxylic acids is 2. The van der Waals surface area contributed by atoms with E-state index >= 15 is 0 Å². The molecule has 1 heterocycles. The molecule has 92 valence electrons. The third-order valence-electron chi connectivity index (χ3n) is 2.79. The van der Waals surface area contributed by atoms with Crippen LogP contribution in [0.4, 0.5) is 0 Å². The van der Waals surface area contributed by atoms with Gasteiger partial charge in [-0.2, -0.15) is 0 Å². The molecule has 2 atom stereocenters. The van der Waals surface area contributed by atoms with E-state index in [1.165, 1.54) is 0 Å². The van der Waals surface area contributed by atoms with Gasteiger partial charge in [0.05, 0.1) is 6.04 Å². The molecule has 0 aromatic heterocycles. The van der Waals surface area contributed by atoms with Gasteiger partial charge in [-0.3, -0.25) is 14.4 Å². The van der Waals surface area contributed by atoms with Gasteiger partial charge in [-0.15, -0.1) is 0 Å². The van der Waals surface area contributed by atoms with Crippen molar-refractivity contribution in [1.29, 1.82) is 0 Å². The lowest BCUT2D eigenvalue weighted by atomic mass is 9.90. The van der Waals surface area contributed by atoms with Crippen molar-refractivity contribution < 1.29 is 14.4 Å². The monoisotopic (exact) mass is 229 g/mol. The average Bonchev–Trinajstić information content (AvgIpc) is 2.28. The van der Waals surface area contributed by atoms with Gasteiger partial charge in [-0.05, 0) is 25.3 Å². The smallest absolute Gasteiger partial charge is 0.260 e. The Morgan fingerprint density at radius 2 is 2.31 bits per heavy atom. The van der Waals surface area contributed by atoms with Crippen LogP contribution in [0.15, 0.2) is 0 Å². The third-order valence-corrected chi connectivity index (χ3v) is 2.79. The van der Waals surface area contributed by atoms with Gasteiger partial charge in [0.15, 0.2) is 6.61 Å². The molecule has 4 N–H and O–H groups in total. The van der Waals surface area contributed by atoms with E-state index in [9.17, 15) is 9.59 Å². The highest BCUT2D eigenvalue weighted by molar-refractivity contribution is 5.81. The lowest BCUT2D eigenvalue weighted by Crippen LogP contribution is -2.49. The van der Waals surface area contributed by atoms with Crippen LogP contribution >= 0.6 is 0 Å². The van der Waals surface area contributed by atoms with E-state index in [-0.39, 0.29) is 18.6 Å². The first-order valence-corrected chi connectivity index (χ1v) is 5.56. The van der Waals surface area contributed by atoms with E-state index in [1.54, 1.807) is 0 Å². The SMILES string of the molecule is CCC1CCNC(C(=O)NOCC(N)=O)C1. The Kier molecular flexibility index (Phi) is 5.21. The lowest BCUT2D eigenvalue weighted by molar-refractivity contribution is -0.140. The summed E-state index contributed by atoms with van der Waals surface area (Å²) in [5.41, 5.74) is 7.10. The zero-order valence-electron chi connectivity index (χ0n) is 9.49. The fourth-order valence-corrected chi connectivity index (χ4v) is 1.82. The van der Waals surface area contributed by atoms with E-state index in [4.69, 9.17) is 5.73 Å². The number of piperidine rings is 1. The molecule has 1 saturated heterocycles. The van der Waals surface area contributed by atoms with Gasteiger partial charge in [0, 0.05) is 0 Å². The summed E-state index contributed by atoms with van der Waals surface area (Å²) in [5.74, 6) is -0.268. The Morgan fingerprint density at radius 1 is 1.56 bits per heavy atom. The molecule has 2 unspecified atom stereocenters. The summed E-state index contributed by atoms with van der Waals surface area (Å²) in [4.78, 5) is 26.6. The number of hydrogen-bond acceptors (Lipinski definition) is 4. The Labute approximate surface area is 94.8 Å². The van der Waals surface area contributed by atoms with Crippen LogP contribution in [-0.4, -0.2) is 31.0 Å². The van der Waals surface area contributed by atoms with Crippen LogP contribution in [0, 0.1) is 5.92 Å². The van der Waals surface area contributed by atoms with E-state index < -0.39 is 5.91 Å². The first-order valence-electron chi connectivity index (χ1n) is 5.56. The van der Waals surface area contributed by atoms with Crippen LogP contribution in [0.1, 0.15) is 26.2 Å². The molecule has 1 aliphatic rings. The number of rotatable bonds is 5. The summed E-state index contributed by atoms with van der Waals surface area (Å²) in [6.07, 6.45) is 2.98. The van der Waals surface area contributed by atoms with Crippen molar-refractivity contribution in [2.75, 3.05) is 13.2 Å². The van der Waals surface area contributed by atoms with Crippen molar-refractivity contribution in [2.24, 2.45) is 11.7 Å². The summed E-state index contributed by atoms with van der Waals surface area (Å²) < 4.78 is 0. The van der Waals surface area contributed by atoms with Crippen molar-refractivity contribution in [3.05, 3.63) is 0 Å². The van der Waals surface area contributed by atoms with Crippen LogP contribution in [-0.2, 0) is 14.4 Å². The minimum Gasteiger partial charge on any atom is -0.368 e. The van der Waals surface area contributed by atoms with Crippen molar-refractivity contribution in [1.82, 2.24) is 10.8 Å². The van der Waals surface area contributed by atoms with Gasteiger partial charge >= 0.3 is 0 Å². The van der Waals surface area contributed by atoms with E-state index in [1.807, 2.05) is 0 Å². The maximum Gasteiger partial charge on any atom is 0.260 e. The molecule has 6 heteroatoms. The topological polar surface area (TPSA) is 93.4 Å². The zero-order chi connectivity index (χ0) is 12.0. The fourth-order valence-electron chi connectivity index (χ4n) is 1.82. The minimum atomic E-state index is -0.608. The maximum absolute atomic E-state index is 11.6. The lowest BCUT2D eigenvalue weighted by Gasteiger charge is -2.28. The number of nitrogens with one attached hydrogen (secondary N) is 2. The second-order valence-corrected chi connectivity index (χ2v) is 4.03.